The maximum absolute atomic E-state index is 13.7. The molecule has 3 nitrogen and oxygen atoms in total. The number of nitrogens with zero attached hydrogens (tertiary/aromatic N) is 1. The molecule has 0 saturated carbocycles. The maximum atomic E-state index is 13.7. The smallest absolute Gasteiger partial charge is 0.136 e. The Balaban J connectivity index is 2.40. The predicted molar refractivity (Wildman–Crippen MR) is 104 cm³/mol. The summed E-state index contributed by atoms with van der Waals surface area (Å²) in [6, 6.07) is 5.17. The first kappa shape index (κ1) is 20.8. The van der Waals surface area contributed by atoms with E-state index in [2.05, 4.69) is 41.6 Å². The van der Waals surface area contributed by atoms with Crippen molar-refractivity contribution in [1.82, 2.24) is 9.71 Å². The number of aromatic nitrogens is 1. The van der Waals surface area contributed by atoms with Crippen LogP contribution in [0.5, 0.6) is 0 Å². The highest BCUT2D eigenvalue weighted by Gasteiger charge is 2.29. The molecule has 2 atom stereocenters. The third-order valence-corrected chi connectivity index (χ3v) is 6.04. The SMILES string of the molecule is CC(C)(C)[S+]([O-])NC[C@@H](c1cc(F)cc(F)c1)c1ncc(Br)cc1Br. The van der Waals surface area contributed by atoms with E-state index in [0.717, 1.165) is 10.5 Å². The molecule has 0 fully saturated rings. The number of hydrogen-bond acceptors (Lipinski definition) is 3. The summed E-state index contributed by atoms with van der Waals surface area (Å²) < 4.78 is 43.7. The zero-order valence-electron chi connectivity index (χ0n) is 13.9. The molecule has 8 heteroatoms. The highest BCUT2D eigenvalue weighted by Crippen LogP contribution is 2.31. The fourth-order valence-electron chi connectivity index (χ4n) is 2.21. The van der Waals surface area contributed by atoms with Gasteiger partial charge in [0.2, 0.25) is 0 Å². The summed E-state index contributed by atoms with van der Waals surface area (Å²) in [5, 5.41) is 0. The lowest BCUT2D eigenvalue weighted by molar-refractivity contribution is 0.539. The molecule has 1 aromatic carbocycles. The first-order valence-corrected chi connectivity index (χ1v) is 10.2. The Bertz CT molecular complexity index is 736. The van der Waals surface area contributed by atoms with Crippen molar-refractivity contribution in [1.29, 1.82) is 0 Å². The average Bonchev–Trinajstić information content (AvgIpc) is 2.47. The lowest BCUT2D eigenvalue weighted by Gasteiger charge is -2.26. The van der Waals surface area contributed by atoms with Gasteiger partial charge in [0.15, 0.2) is 0 Å². The van der Waals surface area contributed by atoms with Gasteiger partial charge in [-0.1, -0.05) is 0 Å². The summed E-state index contributed by atoms with van der Waals surface area (Å²) in [5.74, 6) is -1.80. The molecule has 0 aliphatic carbocycles. The van der Waals surface area contributed by atoms with Crippen LogP contribution in [0.15, 0.2) is 39.4 Å². The van der Waals surface area contributed by atoms with Crippen molar-refractivity contribution in [2.45, 2.75) is 31.4 Å². The second-order valence-corrected chi connectivity index (χ2v) is 10.3. The van der Waals surface area contributed by atoms with Gasteiger partial charge in [-0.05, 0) is 76.4 Å². The third-order valence-electron chi connectivity index (χ3n) is 3.43. The molecule has 0 spiro atoms. The summed E-state index contributed by atoms with van der Waals surface area (Å²) in [6.45, 7) is 5.77. The van der Waals surface area contributed by atoms with Gasteiger partial charge < -0.3 is 4.55 Å². The van der Waals surface area contributed by atoms with Gasteiger partial charge >= 0.3 is 0 Å². The topological polar surface area (TPSA) is 48.0 Å². The molecule has 0 radical (unpaired) electrons. The summed E-state index contributed by atoms with van der Waals surface area (Å²) in [7, 11) is 0. The van der Waals surface area contributed by atoms with Crippen molar-refractivity contribution in [3.05, 3.63) is 62.3 Å². The maximum Gasteiger partial charge on any atom is 0.136 e. The standard InChI is InChI=1S/C17H18Br2F2N2OS/c1-17(2,3)25(24)23-9-14(10-4-12(20)7-13(21)5-10)16-15(19)6-11(18)8-22-16/h4-8,14,23H,9H2,1-3H3/t14-,25?/m0/s1. The van der Waals surface area contributed by atoms with E-state index < -0.39 is 33.7 Å². The predicted octanol–water partition coefficient (Wildman–Crippen LogP) is 5.07. The van der Waals surface area contributed by atoms with E-state index in [1.54, 1.807) is 6.20 Å². The van der Waals surface area contributed by atoms with E-state index in [1.807, 2.05) is 26.8 Å². The number of rotatable bonds is 5. The molecule has 0 aliphatic heterocycles. The largest absolute Gasteiger partial charge is 0.598 e. The van der Waals surface area contributed by atoms with Crippen LogP contribution in [0.4, 0.5) is 8.78 Å². The molecule has 1 aromatic heterocycles. The summed E-state index contributed by atoms with van der Waals surface area (Å²) >= 11 is 5.46. The van der Waals surface area contributed by atoms with Gasteiger partial charge in [0.25, 0.3) is 0 Å². The lowest BCUT2D eigenvalue weighted by Crippen LogP contribution is -2.41. The second kappa shape index (κ2) is 8.43. The number of halogens is 4. The molecule has 1 N–H and O–H groups in total. The number of pyridine rings is 1. The minimum absolute atomic E-state index is 0.222. The fraction of sp³-hybridized carbons (Fsp3) is 0.353. The van der Waals surface area contributed by atoms with Crippen molar-refractivity contribution in [3.8, 4) is 0 Å². The van der Waals surface area contributed by atoms with Crippen LogP contribution in [-0.4, -0.2) is 20.8 Å². The highest BCUT2D eigenvalue weighted by molar-refractivity contribution is 9.11. The Kier molecular flexibility index (Phi) is 7.01. The van der Waals surface area contributed by atoms with Crippen LogP contribution in [0.1, 0.15) is 37.9 Å². The molecule has 0 amide bonds. The van der Waals surface area contributed by atoms with Gasteiger partial charge in [-0.3, -0.25) is 4.98 Å². The Morgan fingerprint density at radius 2 is 1.76 bits per heavy atom. The number of hydrogen-bond donors (Lipinski definition) is 1. The quantitative estimate of drug-likeness (QED) is 0.589. The van der Waals surface area contributed by atoms with Crippen LogP contribution >= 0.6 is 31.9 Å². The van der Waals surface area contributed by atoms with E-state index >= 15 is 0 Å². The summed E-state index contributed by atoms with van der Waals surface area (Å²) in [4.78, 5) is 4.38. The first-order valence-electron chi connectivity index (χ1n) is 7.50. The average molecular weight is 496 g/mol. The molecule has 1 unspecified atom stereocenters. The molecule has 25 heavy (non-hydrogen) atoms. The molecule has 1 heterocycles. The molecular formula is C17H18Br2F2N2OS. The minimum Gasteiger partial charge on any atom is -0.598 e. The normalized spacial score (nSPS) is 14.4. The minimum atomic E-state index is -1.32. The van der Waals surface area contributed by atoms with Crippen molar-refractivity contribution in [3.63, 3.8) is 0 Å². The van der Waals surface area contributed by atoms with Crippen molar-refractivity contribution in [2.24, 2.45) is 0 Å². The zero-order valence-corrected chi connectivity index (χ0v) is 17.9. The van der Waals surface area contributed by atoms with Crippen molar-refractivity contribution < 1.29 is 13.3 Å². The van der Waals surface area contributed by atoms with E-state index in [1.165, 1.54) is 12.1 Å². The highest BCUT2D eigenvalue weighted by atomic mass is 79.9. The van der Waals surface area contributed by atoms with E-state index in [0.29, 0.717) is 15.7 Å². The second-order valence-electron chi connectivity index (χ2n) is 6.51. The van der Waals surface area contributed by atoms with Crippen LogP contribution < -0.4 is 4.72 Å². The molecular weight excluding hydrogens is 478 g/mol. The van der Waals surface area contributed by atoms with Gasteiger partial charge in [0, 0.05) is 38.5 Å². The lowest BCUT2D eigenvalue weighted by atomic mass is 9.95. The Morgan fingerprint density at radius 1 is 1.16 bits per heavy atom. The number of nitrogens with one attached hydrogen (secondary N) is 1. The van der Waals surface area contributed by atoms with Crippen molar-refractivity contribution in [2.75, 3.05) is 6.54 Å². The summed E-state index contributed by atoms with van der Waals surface area (Å²) in [6.07, 6.45) is 1.61. The van der Waals surface area contributed by atoms with Crippen LogP contribution in [0, 0.1) is 11.6 Å². The van der Waals surface area contributed by atoms with Crippen LogP contribution in [0.25, 0.3) is 0 Å². The Labute approximate surface area is 166 Å². The number of benzene rings is 1. The molecule has 2 rings (SSSR count). The molecule has 0 bridgehead atoms. The monoisotopic (exact) mass is 494 g/mol. The zero-order chi connectivity index (χ0) is 18.8. The van der Waals surface area contributed by atoms with Crippen LogP contribution in [0.3, 0.4) is 0 Å². The molecule has 2 aromatic rings. The van der Waals surface area contributed by atoms with Crippen molar-refractivity contribution >= 4 is 43.2 Å². The van der Waals surface area contributed by atoms with Gasteiger partial charge in [-0.15, -0.1) is 4.72 Å². The van der Waals surface area contributed by atoms with Gasteiger partial charge in [0.05, 0.1) is 12.2 Å². The van der Waals surface area contributed by atoms with Gasteiger partial charge in [-0.2, -0.15) is 0 Å². The van der Waals surface area contributed by atoms with E-state index in [-0.39, 0.29) is 6.54 Å². The van der Waals surface area contributed by atoms with Crippen LogP contribution in [0.2, 0.25) is 0 Å². The summed E-state index contributed by atoms with van der Waals surface area (Å²) in [5.41, 5.74) is 1.03. The first-order chi connectivity index (χ1) is 11.6. The molecule has 0 aliphatic rings. The third kappa shape index (κ3) is 5.72. The molecule has 136 valence electrons. The Morgan fingerprint density at radius 3 is 2.28 bits per heavy atom. The fourth-order valence-corrected chi connectivity index (χ4v) is 4.22. The Hall–Kier alpha value is -0.540. The van der Waals surface area contributed by atoms with Crippen LogP contribution in [-0.2, 0) is 11.4 Å². The van der Waals surface area contributed by atoms with E-state index in [4.69, 9.17) is 0 Å². The molecule has 0 saturated heterocycles. The van der Waals surface area contributed by atoms with Gasteiger partial charge in [0.1, 0.15) is 16.4 Å². The van der Waals surface area contributed by atoms with E-state index in [9.17, 15) is 13.3 Å². The van der Waals surface area contributed by atoms with Gasteiger partial charge in [-0.25, -0.2) is 8.78 Å².